The first kappa shape index (κ1) is 22.9. The maximum absolute atomic E-state index is 12.2. The molecule has 0 bridgehead atoms. The number of hydrogen-bond donors (Lipinski definition) is 2. The van der Waals surface area contributed by atoms with Crippen LogP contribution in [0, 0.1) is 6.92 Å². The van der Waals surface area contributed by atoms with Crippen molar-refractivity contribution in [1.82, 2.24) is 10.0 Å². The lowest BCUT2D eigenvalue weighted by Gasteiger charge is -2.15. The number of sulfonamides is 1. The number of carbonyl (C=O) groups is 1. The molecule has 0 aliphatic carbocycles. The van der Waals surface area contributed by atoms with E-state index in [0.29, 0.717) is 11.3 Å². The topological polar surface area (TPSA) is 84.5 Å². The quantitative estimate of drug-likeness (QED) is 0.621. The van der Waals surface area contributed by atoms with Crippen molar-refractivity contribution < 1.29 is 17.9 Å². The molecule has 158 valence electrons. The molecule has 0 unspecified atom stereocenters. The highest BCUT2D eigenvalue weighted by molar-refractivity contribution is 7.89. The third-order valence-corrected chi connectivity index (χ3v) is 5.98. The van der Waals surface area contributed by atoms with Crippen LogP contribution in [0.5, 0.6) is 5.75 Å². The van der Waals surface area contributed by atoms with Crippen LogP contribution in [0.1, 0.15) is 38.3 Å². The number of carbonyl (C=O) groups excluding carboxylic acids is 1. The molecule has 0 spiro atoms. The largest absolute Gasteiger partial charge is 0.484 e. The van der Waals surface area contributed by atoms with Gasteiger partial charge in [-0.3, -0.25) is 4.79 Å². The minimum absolute atomic E-state index is 0.0297. The Bertz CT molecular complexity index is 912. The molecule has 29 heavy (non-hydrogen) atoms. The molecule has 1 atom stereocenters. The zero-order valence-electron chi connectivity index (χ0n) is 17.4. The maximum atomic E-state index is 12.2. The normalized spacial score (nSPS) is 12.6. The van der Waals surface area contributed by atoms with E-state index in [1.54, 1.807) is 32.9 Å². The molecule has 0 aliphatic rings. The Morgan fingerprint density at radius 3 is 2.38 bits per heavy atom. The second-order valence-electron chi connectivity index (χ2n) is 7.48. The van der Waals surface area contributed by atoms with Gasteiger partial charge in [-0.25, -0.2) is 13.1 Å². The molecule has 0 saturated heterocycles. The molecule has 6 nitrogen and oxygen atoms in total. The molecule has 2 rings (SSSR count). The van der Waals surface area contributed by atoms with Gasteiger partial charge in [-0.1, -0.05) is 30.3 Å². The molecular formula is C22H30N2O4S. The summed E-state index contributed by atoms with van der Waals surface area (Å²) in [5.41, 5.74) is 1.89. The molecule has 2 aromatic carbocycles. The molecule has 1 amide bonds. The van der Waals surface area contributed by atoms with Gasteiger partial charge in [0.05, 0.1) is 4.90 Å². The number of ether oxygens (including phenoxy) is 1. The van der Waals surface area contributed by atoms with Crippen molar-refractivity contribution >= 4 is 15.9 Å². The van der Waals surface area contributed by atoms with Gasteiger partial charge in [0.15, 0.2) is 6.61 Å². The average molecular weight is 419 g/mol. The first-order valence-corrected chi connectivity index (χ1v) is 11.2. The summed E-state index contributed by atoms with van der Waals surface area (Å²) in [7, 11) is -3.56. The maximum Gasteiger partial charge on any atom is 0.258 e. The zero-order valence-corrected chi connectivity index (χ0v) is 18.3. The highest BCUT2D eigenvalue weighted by Crippen LogP contribution is 2.22. The van der Waals surface area contributed by atoms with Gasteiger partial charge < -0.3 is 10.1 Å². The van der Waals surface area contributed by atoms with Gasteiger partial charge in [0.25, 0.3) is 5.91 Å². The minimum Gasteiger partial charge on any atom is -0.484 e. The Labute approximate surface area is 173 Å². The van der Waals surface area contributed by atoms with Gasteiger partial charge in [-0.2, -0.15) is 0 Å². The predicted molar refractivity (Wildman–Crippen MR) is 114 cm³/mol. The van der Waals surface area contributed by atoms with Crippen LogP contribution in [0.3, 0.4) is 0 Å². The van der Waals surface area contributed by atoms with Gasteiger partial charge in [-0.05, 0) is 69.9 Å². The lowest BCUT2D eigenvalue weighted by atomic mass is 10.1. The Balaban J connectivity index is 1.85. The van der Waals surface area contributed by atoms with Crippen LogP contribution in [-0.2, 0) is 21.2 Å². The lowest BCUT2D eigenvalue weighted by molar-refractivity contribution is -0.123. The SMILES string of the molecule is Cc1cc(S(=O)(=O)NC(C)C)ccc1OCC(=O)N[C@@H](C)CCc1ccccc1. The summed E-state index contributed by atoms with van der Waals surface area (Å²) in [6.07, 6.45) is 1.73. The first-order valence-electron chi connectivity index (χ1n) is 9.76. The predicted octanol–water partition coefficient (Wildman–Crippen LogP) is 3.20. The van der Waals surface area contributed by atoms with Gasteiger partial charge in [0, 0.05) is 12.1 Å². The van der Waals surface area contributed by atoms with E-state index in [-0.39, 0.29) is 29.5 Å². The Morgan fingerprint density at radius 1 is 1.07 bits per heavy atom. The van der Waals surface area contributed by atoms with Crippen LogP contribution in [0.15, 0.2) is 53.4 Å². The van der Waals surface area contributed by atoms with E-state index in [4.69, 9.17) is 4.74 Å². The van der Waals surface area contributed by atoms with E-state index >= 15 is 0 Å². The van der Waals surface area contributed by atoms with Gasteiger partial charge >= 0.3 is 0 Å². The van der Waals surface area contributed by atoms with E-state index in [0.717, 1.165) is 12.8 Å². The summed E-state index contributed by atoms with van der Waals surface area (Å²) in [4.78, 5) is 12.3. The molecule has 0 aromatic heterocycles. The average Bonchev–Trinajstić information content (AvgIpc) is 2.65. The summed E-state index contributed by atoms with van der Waals surface area (Å²) in [6, 6.07) is 14.6. The fourth-order valence-electron chi connectivity index (χ4n) is 2.89. The fourth-order valence-corrected chi connectivity index (χ4v) is 4.22. The molecule has 7 heteroatoms. The number of aryl methyl sites for hydroxylation is 2. The van der Waals surface area contributed by atoms with Crippen molar-refractivity contribution in [3.05, 3.63) is 59.7 Å². The smallest absolute Gasteiger partial charge is 0.258 e. The number of nitrogens with one attached hydrogen (secondary N) is 2. The summed E-state index contributed by atoms with van der Waals surface area (Å²) < 4.78 is 32.6. The third-order valence-electron chi connectivity index (χ3n) is 4.32. The van der Waals surface area contributed by atoms with Crippen molar-refractivity contribution in [2.24, 2.45) is 0 Å². The summed E-state index contributed by atoms with van der Waals surface area (Å²) in [6.45, 7) is 7.13. The van der Waals surface area contributed by atoms with Gasteiger partial charge in [-0.15, -0.1) is 0 Å². The lowest BCUT2D eigenvalue weighted by Crippen LogP contribution is -2.36. The van der Waals surface area contributed by atoms with Crippen LogP contribution in [0.2, 0.25) is 0 Å². The molecule has 2 N–H and O–H groups in total. The summed E-state index contributed by atoms with van der Waals surface area (Å²) in [5, 5.41) is 2.93. The van der Waals surface area contributed by atoms with E-state index in [1.807, 2.05) is 25.1 Å². The number of rotatable bonds is 10. The number of hydrogen-bond acceptors (Lipinski definition) is 4. The van der Waals surface area contributed by atoms with Crippen molar-refractivity contribution in [3.63, 3.8) is 0 Å². The molecule has 0 aliphatic heterocycles. The molecule has 2 aromatic rings. The standard InChI is InChI=1S/C22H30N2O4S/c1-16(2)24-29(26,27)20-12-13-21(17(3)14-20)28-15-22(25)23-18(4)10-11-19-8-6-5-7-9-19/h5-9,12-14,16,18,24H,10-11,15H2,1-4H3,(H,23,25)/t18-/m0/s1. The second-order valence-corrected chi connectivity index (χ2v) is 9.20. The number of amides is 1. The summed E-state index contributed by atoms with van der Waals surface area (Å²) >= 11 is 0. The highest BCUT2D eigenvalue weighted by Gasteiger charge is 2.17. The molecule has 0 radical (unpaired) electrons. The Morgan fingerprint density at radius 2 is 1.76 bits per heavy atom. The van der Waals surface area contributed by atoms with Crippen molar-refractivity contribution in [1.29, 1.82) is 0 Å². The summed E-state index contributed by atoms with van der Waals surface area (Å²) in [5.74, 6) is 0.281. The number of benzene rings is 2. The molecule has 0 fully saturated rings. The van der Waals surface area contributed by atoms with E-state index in [2.05, 4.69) is 22.2 Å². The van der Waals surface area contributed by atoms with Gasteiger partial charge in [0.1, 0.15) is 5.75 Å². The van der Waals surface area contributed by atoms with Crippen molar-refractivity contribution in [3.8, 4) is 5.75 Å². The van der Waals surface area contributed by atoms with Crippen LogP contribution >= 0.6 is 0 Å². The van der Waals surface area contributed by atoms with Gasteiger partial charge in [0.2, 0.25) is 10.0 Å². The third kappa shape index (κ3) is 7.51. The van der Waals surface area contributed by atoms with Crippen LogP contribution in [0.4, 0.5) is 0 Å². The zero-order chi connectivity index (χ0) is 21.4. The first-order chi connectivity index (χ1) is 13.7. The fraction of sp³-hybridized carbons (Fsp3) is 0.409. The minimum atomic E-state index is -3.56. The Hall–Kier alpha value is -2.38. The molecular weight excluding hydrogens is 388 g/mol. The van der Waals surface area contributed by atoms with E-state index in [9.17, 15) is 13.2 Å². The molecule has 0 heterocycles. The monoisotopic (exact) mass is 418 g/mol. The highest BCUT2D eigenvalue weighted by atomic mass is 32.2. The van der Waals surface area contributed by atoms with E-state index in [1.165, 1.54) is 11.6 Å². The van der Waals surface area contributed by atoms with Crippen molar-refractivity contribution in [2.45, 2.75) is 57.5 Å². The van der Waals surface area contributed by atoms with Crippen LogP contribution in [0.25, 0.3) is 0 Å². The van der Waals surface area contributed by atoms with E-state index < -0.39 is 10.0 Å². The van der Waals surface area contributed by atoms with Crippen molar-refractivity contribution in [2.75, 3.05) is 6.61 Å². The second kappa shape index (κ2) is 10.4. The molecule has 0 saturated carbocycles. The van der Waals surface area contributed by atoms with Crippen LogP contribution in [-0.4, -0.2) is 33.0 Å². The Kier molecular flexibility index (Phi) is 8.22. The van der Waals surface area contributed by atoms with Crippen LogP contribution < -0.4 is 14.8 Å².